The molecule has 0 saturated heterocycles. The Hall–Kier alpha value is -1.85. The van der Waals surface area contributed by atoms with Crippen molar-refractivity contribution in [1.29, 1.82) is 0 Å². The Bertz CT molecular complexity index is 906. The number of hydrogen-bond donors (Lipinski definition) is 0. The van der Waals surface area contributed by atoms with E-state index in [0.717, 1.165) is 11.1 Å². The Morgan fingerprint density at radius 1 is 1.09 bits per heavy atom. The monoisotopic (exact) mass is 349 g/mol. The van der Waals surface area contributed by atoms with E-state index in [-0.39, 0.29) is 23.6 Å². The van der Waals surface area contributed by atoms with Crippen molar-refractivity contribution in [2.45, 2.75) is 25.2 Å². The molecule has 0 N–H and O–H groups in total. The molecule has 0 spiro atoms. The van der Waals surface area contributed by atoms with Gasteiger partial charge in [0.05, 0.1) is 10.6 Å². The summed E-state index contributed by atoms with van der Waals surface area (Å²) >= 11 is 6.08. The number of carbonyl (C=O) groups excluding carboxylic acids is 1. The molecular formula is C17H16ClNO3S. The molecular weight excluding hydrogens is 334 g/mol. The Kier molecular flexibility index (Phi) is 3.94. The fraction of sp³-hybridized carbons (Fsp3) is 0.235. The lowest BCUT2D eigenvalue weighted by atomic mass is 9.99. The minimum atomic E-state index is -3.76. The van der Waals surface area contributed by atoms with Gasteiger partial charge in [0, 0.05) is 23.6 Å². The molecule has 0 radical (unpaired) electrons. The second-order valence-corrected chi connectivity index (χ2v) is 7.90. The van der Waals surface area contributed by atoms with E-state index < -0.39 is 10.0 Å². The first-order valence-electron chi connectivity index (χ1n) is 7.24. The van der Waals surface area contributed by atoms with Gasteiger partial charge in [-0.25, -0.2) is 8.42 Å². The highest BCUT2D eigenvalue weighted by Crippen LogP contribution is 2.35. The predicted octanol–water partition coefficient (Wildman–Crippen LogP) is 3.74. The fourth-order valence-electron chi connectivity index (χ4n) is 2.77. The first-order chi connectivity index (χ1) is 10.8. The Morgan fingerprint density at radius 3 is 2.52 bits per heavy atom. The van der Waals surface area contributed by atoms with Gasteiger partial charge in [0.1, 0.15) is 0 Å². The first kappa shape index (κ1) is 16.0. The van der Waals surface area contributed by atoms with E-state index in [1.807, 2.05) is 19.9 Å². The molecule has 6 heteroatoms. The average molecular weight is 350 g/mol. The predicted molar refractivity (Wildman–Crippen MR) is 90.8 cm³/mol. The Balaban J connectivity index is 2.17. The van der Waals surface area contributed by atoms with Crippen molar-refractivity contribution in [3.8, 4) is 0 Å². The number of para-hydroxylation sites is 1. The van der Waals surface area contributed by atoms with Crippen molar-refractivity contribution in [3.63, 3.8) is 0 Å². The van der Waals surface area contributed by atoms with Gasteiger partial charge in [-0.2, -0.15) is 0 Å². The molecule has 0 aliphatic carbocycles. The molecule has 1 aliphatic rings. The molecule has 4 nitrogen and oxygen atoms in total. The SMILES string of the molecule is Cc1ccc(S(=O)(=O)N2CCC(=O)c3cccc(C)c32)cc1Cl. The van der Waals surface area contributed by atoms with Gasteiger partial charge in [-0.15, -0.1) is 0 Å². The van der Waals surface area contributed by atoms with E-state index in [1.165, 1.54) is 10.4 Å². The summed E-state index contributed by atoms with van der Waals surface area (Å²) in [6, 6.07) is 9.94. The van der Waals surface area contributed by atoms with Crippen LogP contribution >= 0.6 is 11.6 Å². The third-order valence-corrected chi connectivity index (χ3v) is 6.26. The van der Waals surface area contributed by atoms with Gasteiger partial charge in [-0.1, -0.05) is 29.8 Å². The summed E-state index contributed by atoms with van der Waals surface area (Å²) in [5, 5.41) is 0.407. The van der Waals surface area contributed by atoms with Crippen LogP contribution in [0.15, 0.2) is 41.3 Å². The van der Waals surface area contributed by atoms with Gasteiger partial charge in [0.2, 0.25) is 0 Å². The second kappa shape index (κ2) is 5.65. The van der Waals surface area contributed by atoms with Gasteiger partial charge in [0.15, 0.2) is 5.78 Å². The quantitative estimate of drug-likeness (QED) is 0.829. The molecule has 23 heavy (non-hydrogen) atoms. The van der Waals surface area contributed by atoms with Crippen molar-refractivity contribution in [2.75, 3.05) is 10.8 Å². The molecule has 0 unspecified atom stereocenters. The number of aryl methyl sites for hydroxylation is 2. The fourth-order valence-corrected chi connectivity index (χ4v) is 4.59. The highest BCUT2D eigenvalue weighted by molar-refractivity contribution is 7.92. The van der Waals surface area contributed by atoms with E-state index in [1.54, 1.807) is 24.3 Å². The van der Waals surface area contributed by atoms with Crippen LogP contribution in [-0.4, -0.2) is 20.7 Å². The molecule has 2 aromatic rings. The number of rotatable bonds is 2. The molecule has 0 saturated carbocycles. The van der Waals surface area contributed by atoms with Crippen LogP contribution < -0.4 is 4.31 Å². The summed E-state index contributed by atoms with van der Waals surface area (Å²) in [5.41, 5.74) is 2.51. The topological polar surface area (TPSA) is 54.5 Å². The molecule has 0 atom stereocenters. The zero-order valence-corrected chi connectivity index (χ0v) is 14.4. The average Bonchev–Trinajstić information content (AvgIpc) is 2.51. The molecule has 2 aromatic carbocycles. The molecule has 0 fully saturated rings. The smallest absolute Gasteiger partial charge is 0.264 e. The second-order valence-electron chi connectivity index (χ2n) is 5.63. The van der Waals surface area contributed by atoms with E-state index in [4.69, 9.17) is 11.6 Å². The normalized spacial score (nSPS) is 14.7. The number of Topliss-reactive ketones (excluding diaryl/α,β-unsaturated/α-hetero) is 1. The summed E-state index contributed by atoms with van der Waals surface area (Å²) in [6.45, 7) is 3.77. The maximum Gasteiger partial charge on any atom is 0.264 e. The van der Waals surface area contributed by atoms with Crippen LogP contribution in [0.2, 0.25) is 5.02 Å². The first-order valence-corrected chi connectivity index (χ1v) is 9.06. The highest BCUT2D eigenvalue weighted by Gasteiger charge is 2.33. The van der Waals surface area contributed by atoms with Gasteiger partial charge in [-0.3, -0.25) is 9.10 Å². The lowest BCUT2D eigenvalue weighted by Crippen LogP contribution is -2.38. The lowest BCUT2D eigenvalue weighted by Gasteiger charge is -2.31. The van der Waals surface area contributed by atoms with Crippen LogP contribution in [0.1, 0.15) is 27.9 Å². The summed E-state index contributed by atoms with van der Waals surface area (Å²) in [7, 11) is -3.76. The van der Waals surface area contributed by atoms with E-state index in [2.05, 4.69) is 0 Å². The van der Waals surface area contributed by atoms with Crippen molar-refractivity contribution in [1.82, 2.24) is 0 Å². The minimum Gasteiger partial charge on any atom is -0.294 e. The third kappa shape index (κ3) is 2.64. The number of nitrogens with zero attached hydrogens (tertiary/aromatic N) is 1. The van der Waals surface area contributed by atoms with Gasteiger partial charge < -0.3 is 0 Å². The van der Waals surface area contributed by atoms with Gasteiger partial charge in [-0.05, 0) is 43.2 Å². The lowest BCUT2D eigenvalue weighted by molar-refractivity contribution is 0.0982. The molecule has 1 heterocycles. The van der Waals surface area contributed by atoms with Crippen LogP contribution in [0.3, 0.4) is 0 Å². The molecule has 0 bridgehead atoms. The van der Waals surface area contributed by atoms with Gasteiger partial charge in [0.25, 0.3) is 10.0 Å². The number of halogens is 1. The molecule has 0 amide bonds. The summed E-state index contributed by atoms with van der Waals surface area (Å²) in [5.74, 6) is -0.0305. The molecule has 1 aliphatic heterocycles. The number of fused-ring (bicyclic) bond motifs is 1. The van der Waals surface area contributed by atoms with E-state index in [9.17, 15) is 13.2 Å². The van der Waals surface area contributed by atoms with E-state index in [0.29, 0.717) is 16.3 Å². The largest absolute Gasteiger partial charge is 0.294 e. The van der Waals surface area contributed by atoms with Crippen molar-refractivity contribution < 1.29 is 13.2 Å². The zero-order chi connectivity index (χ0) is 16.8. The summed E-state index contributed by atoms with van der Waals surface area (Å²) in [6.07, 6.45) is 0.176. The summed E-state index contributed by atoms with van der Waals surface area (Å²) in [4.78, 5) is 12.2. The number of sulfonamides is 1. The van der Waals surface area contributed by atoms with Crippen molar-refractivity contribution in [2.24, 2.45) is 0 Å². The molecule has 3 rings (SSSR count). The van der Waals surface area contributed by atoms with Gasteiger partial charge >= 0.3 is 0 Å². The maximum absolute atomic E-state index is 13.0. The molecule has 120 valence electrons. The van der Waals surface area contributed by atoms with Crippen LogP contribution in [-0.2, 0) is 10.0 Å². The zero-order valence-electron chi connectivity index (χ0n) is 12.8. The Labute approximate surface area is 140 Å². The maximum atomic E-state index is 13.0. The number of benzene rings is 2. The molecule has 0 aromatic heterocycles. The number of anilines is 1. The third-order valence-electron chi connectivity index (χ3n) is 4.06. The van der Waals surface area contributed by atoms with Crippen molar-refractivity contribution in [3.05, 3.63) is 58.1 Å². The highest BCUT2D eigenvalue weighted by atomic mass is 35.5. The number of hydrogen-bond acceptors (Lipinski definition) is 3. The van der Waals surface area contributed by atoms with Crippen LogP contribution in [0.4, 0.5) is 5.69 Å². The summed E-state index contributed by atoms with van der Waals surface area (Å²) < 4.78 is 27.4. The standard InChI is InChI=1S/C17H16ClNO3S/c1-11-6-7-13(10-15(11)18)23(21,22)19-9-8-16(20)14-5-3-4-12(2)17(14)19/h3-7,10H,8-9H2,1-2H3. The number of carbonyl (C=O) groups is 1. The van der Waals surface area contributed by atoms with Crippen LogP contribution in [0, 0.1) is 13.8 Å². The van der Waals surface area contributed by atoms with Crippen molar-refractivity contribution >= 4 is 33.1 Å². The minimum absolute atomic E-state index is 0.0305. The Morgan fingerprint density at radius 2 is 1.83 bits per heavy atom. The van der Waals surface area contributed by atoms with Crippen LogP contribution in [0.25, 0.3) is 0 Å². The van der Waals surface area contributed by atoms with Crippen LogP contribution in [0.5, 0.6) is 0 Å². The number of ketones is 1. The van der Waals surface area contributed by atoms with E-state index >= 15 is 0 Å².